The normalized spacial score (nSPS) is 11.2. The summed E-state index contributed by atoms with van der Waals surface area (Å²) in [5, 5.41) is 9.42. The molecule has 5 rings (SSSR count). The van der Waals surface area contributed by atoms with Crippen LogP contribution in [0, 0.1) is 0 Å². The molecule has 0 bridgehead atoms. The zero-order valence-corrected chi connectivity index (χ0v) is 17.4. The van der Waals surface area contributed by atoms with Gasteiger partial charge in [0.2, 0.25) is 0 Å². The zero-order valence-electron chi connectivity index (χ0n) is 17.4. The number of fused-ring (bicyclic) bond motifs is 3. The molecular formula is C25H21N5O2. The van der Waals surface area contributed by atoms with Crippen molar-refractivity contribution in [2.24, 2.45) is 5.73 Å². The summed E-state index contributed by atoms with van der Waals surface area (Å²) < 4.78 is 3.63. The van der Waals surface area contributed by atoms with Crippen LogP contribution in [0.1, 0.15) is 27.9 Å². The Hall–Kier alpha value is -4.39. The number of anilines is 1. The molecule has 5 aromatic rings. The molecule has 0 atom stereocenters. The van der Waals surface area contributed by atoms with Gasteiger partial charge in [0.1, 0.15) is 5.69 Å². The fourth-order valence-corrected chi connectivity index (χ4v) is 4.10. The maximum Gasteiger partial charge on any atom is 0.276 e. The van der Waals surface area contributed by atoms with Crippen LogP contribution in [0.3, 0.4) is 0 Å². The van der Waals surface area contributed by atoms with Crippen molar-refractivity contribution >= 4 is 39.3 Å². The molecule has 0 aliphatic carbocycles. The first-order valence-corrected chi connectivity index (χ1v) is 10.3. The molecule has 32 heavy (non-hydrogen) atoms. The number of aromatic nitrogens is 3. The maximum atomic E-state index is 13.0. The van der Waals surface area contributed by atoms with E-state index < -0.39 is 11.8 Å². The minimum absolute atomic E-state index is 0.110. The number of hydrogen-bond acceptors (Lipinski definition) is 3. The lowest BCUT2D eigenvalue weighted by Crippen LogP contribution is -2.16. The molecule has 7 heteroatoms. The number of nitrogens with zero attached hydrogens (tertiary/aromatic N) is 3. The third kappa shape index (κ3) is 3.20. The molecule has 0 saturated heterocycles. The molecule has 3 N–H and O–H groups in total. The molecule has 2 aromatic heterocycles. The van der Waals surface area contributed by atoms with E-state index in [1.54, 1.807) is 12.1 Å². The first-order valence-electron chi connectivity index (χ1n) is 10.3. The van der Waals surface area contributed by atoms with Gasteiger partial charge in [-0.05, 0) is 43.3 Å². The van der Waals surface area contributed by atoms with Gasteiger partial charge in [-0.25, -0.2) is 4.68 Å². The van der Waals surface area contributed by atoms with Crippen molar-refractivity contribution in [1.29, 1.82) is 0 Å². The number of benzene rings is 3. The van der Waals surface area contributed by atoms with E-state index in [0.29, 0.717) is 11.4 Å². The Balaban J connectivity index is 1.51. The second-order valence-corrected chi connectivity index (χ2v) is 7.47. The van der Waals surface area contributed by atoms with E-state index in [2.05, 4.69) is 34.0 Å². The van der Waals surface area contributed by atoms with Gasteiger partial charge in [-0.1, -0.05) is 36.4 Å². The van der Waals surface area contributed by atoms with E-state index in [0.717, 1.165) is 28.4 Å². The summed E-state index contributed by atoms with van der Waals surface area (Å²) in [5.74, 6) is -1.07. The smallest absolute Gasteiger partial charge is 0.276 e. The molecule has 0 unspecified atom stereocenters. The predicted octanol–water partition coefficient (Wildman–Crippen LogP) is 4.35. The van der Waals surface area contributed by atoms with Crippen LogP contribution in [0.5, 0.6) is 0 Å². The molecule has 2 amide bonds. The molecule has 0 aliphatic rings. The summed E-state index contributed by atoms with van der Waals surface area (Å²) in [5.41, 5.74) is 9.32. The van der Waals surface area contributed by atoms with Gasteiger partial charge < -0.3 is 15.6 Å². The standard InChI is InChI=1S/C25H21N5O2/c1-2-29-21-11-7-6-10-18(21)19-14-16(12-13-22(19)29)27-25(32)20-15-23(24(26)31)30(28-20)17-8-4-3-5-9-17/h3-15H,2H2,1H3,(H2,26,31)(H,27,32). The summed E-state index contributed by atoms with van der Waals surface area (Å²) in [4.78, 5) is 24.9. The van der Waals surface area contributed by atoms with Crippen molar-refractivity contribution in [2.75, 3.05) is 5.32 Å². The highest BCUT2D eigenvalue weighted by Crippen LogP contribution is 2.31. The van der Waals surface area contributed by atoms with Gasteiger partial charge in [-0.15, -0.1) is 0 Å². The van der Waals surface area contributed by atoms with Crippen molar-refractivity contribution in [2.45, 2.75) is 13.5 Å². The number of hydrogen-bond donors (Lipinski definition) is 2. The van der Waals surface area contributed by atoms with Crippen LogP contribution in [0.2, 0.25) is 0 Å². The van der Waals surface area contributed by atoms with Crippen LogP contribution in [-0.2, 0) is 6.54 Å². The van der Waals surface area contributed by atoms with E-state index in [9.17, 15) is 9.59 Å². The van der Waals surface area contributed by atoms with Gasteiger partial charge in [0, 0.05) is 40.1 Å². The van der Waals surface area contributed by atoms with E-state index in [1.807, 2.05) is 48.5 Å². The fourth-order valence-electron chi connectivity index (χ4n) is 4.10. The molecule has 7 nitrogen and oxygen atoms in total. The number of carbonyl (C=O) groups excluding carboxylic acids is 2. The first kappa shape index (κ1) is 19.6. The number of nitrogens with two attached hydrogens (primary N) is 1. The van der Waals surface area contributed by atoms with Gasteiger partial charge in [0.05, 0.1) is 5.69 Å². The van der Waals surface area contributed by atoms with Crippen LogP contribution < -0.4 is 11.1 Å². The predicted molar refractivity (Wildman–Crippen MR) is 125 cm³/mol. The summed E-state index contributed by atoms with van der Waals surface area (Å²) in [6, 6.07) is 24.5. The van der Waals surface area contributed by atoms with Gasteiger partial charge >= 0.3 is 0 Å². The molecular weight excluding hydrogens is 402 g/mol. The molecule has 0 saturated carbocycles. The van der Waals surface area contributed by atoms with Crippen molar-refractivity contribution in [3.63, 3.8) is 0 Å². The number of primary amides is 1. The number of amides is 2. The van der Waals surface area contributed by atoms with Crippen molar-refractivity contribution in [3.05, 3.63) is 90.3 Å². The van der Waals surface area contributed by atoms with E-state index in [-0.39, 0.29) is 11.4 Å². The second kappa shape index (κ2) is 7.70. The molecule has 0 fully saturated rings. The Kier molecular flexibility index (Phi) is 4.71. The van der Waals surface area contributed by atoms with E-state index >= 15 is 0 Å². The van der Waals surface area contributed by atoms with Crippen molar-refractivity contribution in [3.8, 4) is 5.69 Å². The quantitative estimate of drug-likeness (QED) is 0.440. The van der Waals surface area contributed by atoms with E-state index in [4.69, 9.17) is 5.73 Å². The topological polar surface area (TPSA) is 94.9 Å². The monoisotopic (exact) mass is 423 g/mol. The Morgan fingerprint density at radius 2 is 1.62 bits per heavy atom. The highest BCUT2D eigenvalue weighted by molar-refractivity contribution is 6.11. The number of aryl methyl sites for hydroxylation is 1. The molecule has 0 radical (unpaired) electrons. The summed E-state index contributed by atoms with van der Waals surface area (Å²) in [6.07, 6.45) is 0. The van der Waals surface area contributed by atoms with E-state index in [1.165, 1.54) is 10.7 Å². The van der Waals surface area contributed by atoms with Gasteiger partial charge in [0.25, 0.3) is 11.8 Å². The molecule has 158 valence electrons. The summed E-state index contributed by atoms with van der Waals surface area (Å²) >= 11 is 0. The number of rotatable bonds is 5. The van der Waals surface area contributed by atoms with Crippen LogP contribution in [-0.4, -0.2) is 26.2 Å². The van der Waals surface area contributed by atoms with Crippen molar-refractivity contribution < 1.29 is 9.59 Å². The highest BCUT2D eigenvalue weighted by Gasteiger charge is 2.19. The SMILES string of the molecule is CCn1c2ccccc2c2cc(NC(=O)c3cc(C(N)=O)n(-c4ccccc4)n3)ccc21. The average molecular weight is 423 g/mol. The van der Waals surface area contributed by atoms with Crippen molar-refractivity contribution in [1.82, 2.24) is 14.3 Å². The lowest BCUT2D eigenvalue weighted by atomic mass is 10.1. The minimum atomic E-state index is -0.658. The van der Waals surface area contributed by atoms with Crippen LogP contribution in [0.15, 0.2) is 78.9 Å². The average Bonchev–Trinajstić information content (AvgIpc) is 3.40. The number of carbonyl (C=O) groups is 2. The van der Waals surface area contributed by atoms with Crippen LogP contribution in [0.4, 0.5) is 5.69 Å². The van der Waals surface area contributed by atoms with Crippen LogP contribution >= 0.6 is 0 Å². The lowest BCUT2D eigenvalue weighted by molar-refractivity contribution is 0.0991. The highest BCUT2D eigenvalue weighted by atomic mass is 16.2. The summed E-state index contributed by atoms with van der Waals surface area (Å²) in [6.45, 7) is 2.96. The molecule has 3 aromatic carbocycles. The fraction of sp³-hybridized carbons (Fsp3) is 0.0800. The number of nitrogens with one attached hydrogen (secondary N) is 1. The lowest BCUT2D eigenvalue weighted by Gasteiger charge is -2.06. The largest absolute Gasteiger partial charge is 0.364 e. The Bertz CT molecular complexity index is 1480. The Morgan fingerprint density at radius 3 is 2.38 bits per heavy atom. The van der Waals surface area contributed by atoms with Crippen LogP contribution in [0.25, 0.3) is 27.5 Å². The van der Waals surface area contributed by atoms with Gasteiger partial charge in [0.15, 0.2) is 5.69 Å². The maximum absolute atomic E-state index is 13.0. The Labute approximate surface area is 184 Å². The Morgan fingerprint density at radius 1 is 0.906 bits per heavy atom. The van der Waals surface area contributed by atoms with Gasteiger partial charge in [-0.3, -0.25) is 9.59 Å². The number of para-hydroxylation sites is 2. The first-order chi connectivity index (χ1) is 15.6. The molecule has 2 heterocycles. The minimum Gasteiger partial charge on any atom is -0.364 e. The van der Waals surface area contributed by atoms with Gasteiger partial charge in [-0.2, -0.15) is 5.10 Å². The second-order valence-electron chi connectivity index (χ2n) is 7.47. The molecule has 0 spiro atoms. The molecule has 0 aliphatic heterocycles. The third-order valence-electron chi connectivity index (χ3n) is 5.54. The third-order valence-corrected chi connectivity index (χ3v) is 5.54. The zero-order chi connectivity index (χ0) is 22.2. The summed E-state index contributed by atoms with van der Waals surface area (Å²) in [7, 11) is 0.